The number of fused-ring (bicyclic) bond motifs is 1. The standard InChI is InChI=1S/C20H30N4O3/c1-3-22-20(24-10-8-15(9-11-24)12-19(25)21-2)23-13-16-14-26-17-6-4-5-7-18(17)27-16/h4-7,15-16H,3,8-14H2,1-2H3,(H,21,25)(H,22,23). The molecule has 2 aliphatic heterocycles. The molecule has 0 aromatic heterocycles. The van der Waals surface area contributed by atoms with Crippen LogP contribution in [-0.2, 0) is 4.79 Å². The zero-order chi connectivity index (χ0) is 19.1. The summed E-state index contributed by atoms with van der Waals surface area (Å²) in [6.07, 6.45) is 2.55. The van der Waals surface area contributed by atoms with E-state index in [1.165, 1.54) is 0 Å². The van der Waals surface area contributed by atoms with Gasteiger partial charge in [-0.25, -0.2) is 4.99 Å². The quantitative estimate of drug-likeness (QED) is 0.605. The number of nitrogens with zero attached hydrogens (tertiary/aromatic N) is 2. The van der Waals surface area contributed by atoms with E-state index in [2.05, 4.69) is 22.5 Å². The summed E-state index contributed by atoms with van der Waals surface area (Å²) >= 11 is 0. The number of amides is 1. The first-order chi connectivity index (χ1) is 13.2. The highest BCUT2D eigenvalue weighted by molar-refractivity contribution is 5.80. The zero-order valence-corrected chi connectivity index (χ0v) is 16.2. The number of hydrogen-bond donors (Lipinski definition) is 2. The second kappa shape index (κ2) is 9.48. The number of likely N-dealkylation sites (tertiary alicyclic amines) is 1. The van der Waals surface area contributed by atoms with E-state index in [1.807, 2.05) is 24.3 Å². The summed E-state index contributed by atoms with van der Waals surface area (Å²) in [6, 6.07) is 7.73. The van der Waals surface area contributed by atoms with Gasteiger partial charge in [-0.05, 0) is 37.8 Å². The molecule has 2 N–H and O–H groups in total. The number of nitrogens with one attached hydrogen (secondary N) is 2. The van der Waals surface area contributed by atoms with E-state index in [4.69, 9.17) is 14.5 Å². The minimum absolute atomic E-state index is 0.0839. The molecular weight excluding hydrogens is 344 g/mol. The molecule has 0 radical (unpaired) electrons. The van der Waals surface area contributed by atoms with Crippen molar-refractivity contribution in [3.8, 4) is 11.5 Å². The van der Waals surface area contributed by atoms with Crippen molar-refractivity contribution in [3.05, 3.63) is 24.3 Å². The van der Waals surface area contributed by atoms with Crippen LogP contribution in [0.4, 0.5) is 0 Å². The predicted octanol–water partition coefficient (Wildman–Crippen LogP) is 1.64. The van der Waals surface area contributed by atoms with Crippen LogP contribution in [0.5, 0.6) is 11.5 Å². The average molecular weight is 374 g/mol. The van der Waals surface area contributed by atoms with Crippen molar-refractivity contribution >= 4 is 11.9 Å². The molecule has 2 heterocycles. The number of hydrogen-bond acceptors (Lipinski definition) is 4. The van der Waals surface area contributed by atoms with Crippen LogP contribution >= 0.6 is 0 Å². The fraction of sp³-hybridized carbons (Fsp3) is 0.600. The van der Waals surface area contributed by atoms with Gasteiger partial charge in [0.25, 0.3) is 0 Å². The van der Waals surface area contributed by atoms with Crippen LogP contribution in [0, 0.1) is 5.92 Å². The van der Waals surface area contributed by atoms with Gasteiger partial charge in [0.05, 0.1) is 6.54 Å². The first-order valence-electron chi connectivity index (χ1n) is 9.82. The minimum atomic E-state index is -0.0839. The topological polar surface area (TPSA) is 75.2 Å². The van der Waals surface area contributed by atoms with Gasteiger partial charge >= 0.3 is 0 Å². The summed E-state index contributed by atoms with van der Waals surface area (Å²) in [4.78, 5) is 18.6. The van der Waals surface area contributed by atoms with Crippen molar-refractivity contribution in [2.75, 3.05) is 39.8 Å². The Morgan fingerprint density at radius 1 is 1.26 bits per heavy atom. The highest BCUT2D eigenvalue weighted by Gasteiger charge is 2.24. The average Bonchev–Trinajstić information content (AvgIpc) is 2.71. The first-order valence-corrected chi connectivity index (χ1v) is 9.82. The number of aliphatic imine (C=N–C) groups is 1. The summed E-state index contributed by atoms with van der Waals surface area (Å²) in [5.41, 5.74) is 0. The van der Waals surface area contributed by atoms with Gasteiger partial charge in [-0.15, -0.1) is 0 Å². The van der Waals surface area contributed by atoms with Gasteiger partial charge in [-0.1, -0.05) is 12.1 Å². The number of ether oxygens (including phenoxy) is 2. The maximum absolute atomic E-state index is 11.6. The number of carbonyl (C=O) groups is 1. The molecule has 1 amide bonds. The molecule has 1 aromatic carbocycles. The molecule has 1 aromatic rings. The molecule has 27 heavy (non-hydrogen) atoms. The second-order valence-corrected chi connectivity index (χ2v) is 7.00. The van der Waals surface area contributed by atoms with E-state index in [0.717, 1.165) is 49.9 Å². The Morgan fingerprint density at radius 3 is 2.70 bits per heavy atom. The van der Waals surface area contributed by atoms with Crippen molar-refractivity contribution in [2.45, 2.75) is 32.3 Å². The lowest BCUT2D eigenvalue weighted by Crippen LogP contribution is -2.46. The van der Waals surface area contributed by atoms with Crippen LogP contribution in [0.1, 0.15) is 26.2 Å². The van der Waals surface area contributed by atoms with Crippen LogP contribution in [0.3, 0.4) is 0 Å². The third-order valence-electron chi connectivity index (χ3n) is 5.01. The molecule has 1 saturated heterocycles. The number of rotatable bonds is 5. The molecular formula is C20H30N4O3. The molecule has 0 aliphatic carbocycles. The molecule has 0 saturated carbocycles. The number of benzene rings is 1. The van der Waals surface area contributed by atoms with E-state index < -0.39 is 0 Å². The normalized spacial score (nSPS) is 20.3. The van der Waals surface area contributed by atoms with Gasteiger partial charge in [0, 0.05) is 33.1 Å². The van der Waals surface area contributed by atoms with E-state index in [9.17, 15) is 4.79 Å². The molecule has 148 valence electrons. The van der Waals surface area contributed by atoms with E-state index in [-0.39, 0.29) is 12.0 Å². The number of piperidine rings is 1. The summed E-state index contributed by atoms with van der Waals surface area (Å²) in [7, 11) is 1.70. The van der Waals surface area contributed by atoms with E-state index in [1.54, 1.807) is 7.05 Å². The Hall–Kier alpha value is -2.44. The highest BCUT2D eigenvalue weighted by atomic mass is 16.6. The Balaban J connectivity index is 1.54. The van der Waals surface area contributed by atoms with E-state index >= 15 is 0 Å². The molecule has 3 rings (SSSR count). The Morgan fingerprint density at radius 2 is 2.00 bits per heavy atom. The van der Waals surface area contributed by atoms with Crippen molar-refractivity contribution in [2.24, 2.45) is 10.9 Å². The number of carbonyl (C=O) groups excluding carboxylic acids is 1. The Bertz CT molecular complexity index is 656. The van der Waals surface area contributed by atoms with Gasteiger partial charge in [0.1, 0.15) is 6.61 Å². The predicted molar refractivity (Wildman–Crippen MR) is 105 cm³/mol. The van der Waals surface area contributed by atoms with Gasteiger partial charge in [-0.2, -0.15) is 0 Å². The third kappa shape index (κ3) is 5.28. The lowest BCUT2D eigenvalue weighted by atomic mass is 9.93. The van der Waals surface area contributed by atoms with Gasteiger partial charge in [-0.3, -0.25) is 4.79 Å². The van der Waals surface area contributed by atoms with Gasteiger partial charge in [0.2, 0.25) is 5.91 Å². The van der Waals surface area contributed by atoms with Crippen LogP contribution in [0.25, 0.3) is 0 Å². The largest absolute Gasteiger partial charge is 0.486 e. The first kappa shape index (κ1) is 19.3. The lowest BCUT2D eigenvalue weighted by molar-refractivity contribution is -0.121. The summed E-state index contributed by atoms with van der Waals surface area (Å²) in [6.45, 7) is 5.78. The fourth-order valence-corrected chi connectivity index (χ4v) is 3.48. The number of guanidine groups is 1. The second-order valence-electron chi connectivity index (χ2n) is 7.00. The maximum atomic E-state index is 11.6. The van der Waals surface area contributed by atoms with Crippen molar-refractivity contribution in [3.63, 3.8) is 0 Å². The highest BCUT2D eigenvalue weighted by Crippen LogP contribution is 2.30. The number of para-hydroxylation sites is 2. The van der Waals surface area contributed by atoms with Crippen LogP contribution in [0.15, 0.2) is 29.3 Å². The van der Waals surface area contributed by atoms with E-state index in [0.29, 0.717) is 25.5 Å². The monoisotopic (exact) mass is 374 g/mol. The van der Waals surface area contributed by atoms with Gasteiger partial charge < -0.3 is 25.0 Å². The minimum Gasteiger partial charge on any atom is -0.486 e. The summed E-state index contributed by atoms with van der Waals surface area (Å²) < 4.78 is 11.8. The molecule has 0 spiro atoms. The smallest absolute Gasteiger partial charge is 0.220 e. The zero-order valence-electron chi connectivity index (χ0n) is 16.2. The lowest BCUT2D eigenvalue weighted by Gasteiger charge is -2.34. The van der Waals surface area contributed by atoms with Crippen molar-refractivity contribution in [1.29, 1.82) is 0 Å². The summed E-state index contributed by atoms with van der Waals surface area (Å²) in [5, 5.41) is 6.09. The Labute approximate surface area is 161 Å². The molecule has 2 aliphatic rings. The third-order valence-corrected chi connectivity index (χ3v) is 5.01. The van der Waals surface area contributed by atoms with Crippen LogP contribution < -0.4 is 20.1 Å². The molecule has 1 fully saturated rings. The molecule has 1 unspecified atom stereocenters. The maximum Gasteiger partial charge on any atom is 0.220 e. The fourth-order valence-electron chi connectivity index (χ4n) is 3.48. The van der Waals surface area contributed by atoms with Crippen LogP contribution in [0.2, 0.25) is 0 Å². The SMILES string of the molecule is CCNC(=NCC1COc2ccccc2O1)N1CCC(CC(=O)NC)CC1. The summed E-state index contributed by atoms with van der Waals surface area (Å²) in [5.74, 6) is 3.07. The molecule has 1 atom stereocenters. The van der Waals surface area contributed by atoms with Gasteiger partial charge in [0.15, 0.2) is 23.6 Å². The van der Waals surface area contributed by atoms with Crippen LogP contribution in [-0.4, -0.2) is 62.7 Å². The van der Waals surface area contributed by atoms with Crippen molar-refractivity contribution in [1.82, 2.24) is 15.5 Å². The van der Waals surface area contributed by atoms with Crippen molar-refractivity contribution < 1.29 is 14.3 Å². The molecule has 7 heteroatoms. The Kier molecular flexibility index (Phi) is 6.79. The molecule has 0 bridgehead atoms. The molecule has 7 nitrogen and oxygen atoms in total.